The van der Waals surface area contributed by atoms with Gasteiger partial charge < -0.3 is 11.1 Å². The van der Waals surface area contributed by atoms with E-state index in [4.69, 9.17) is 5.73 Å². The highest BCUT2D eigenvalue weighted by Crippen LogP contribution is 2.30. The number of nitrogens with one attached hydrogen (secondary N) is 1. The number of benzene rings is 1. The first-order valence-electron chi connectivity index (χ1n) is 8.83. The minimum Gasteiger partial charge on any atom is -0.345 e. The summed E-state index contributed by atoms with van der Waals surface area (Å²) >= 11 is 0. The van der Waals surface area contributed by atoms with Crippen LogP contribution in [0.3, 0.4) is 0 Å². The van der Waals surface area contributed by atoms with Crippen molar-refractivity contribution in [1.29, 1.82) is 0 Å². The van der Waals surface area contributed by atoms with E-state index in [1.807, 2.05) is 0 Å². The van der Waals surface area contributed by atoms with E-state index in [2.05, 4.69) is 5.32 Å². The van der Waals surface area contributed by atoms with Gasteiger partial charge in [-0.15, -0.1) is 0 Å². The third-order valence-corrected chi connectivity index (χ3v) is 7.79. The molecule has 2 saturated carbocycles. The SMILES string of the molecule is NCC1(NC(=O)c2ccc(S(=O)(=O)C3CCCC3)cc2)CCCC1. The Morgan fingerprint density at radius 3 is 2.21 bits per heavy atom. The molecule has 6 heteroatoms. The molecule has 0 saturated heterocycles. The fraction of sp³-hybridized carbons (Fsp3) is 0.611. The van der Waals surface area contributed by atoms with Gasteiger partial charge in [-0.05, 0) is 49.9 Å². The Balaban J connectivity index is 1.73. The number of sulfone groups is 1. The molecular formula is C18H26N2O3S. The van der Waals surface area contributed by atoms with Crippen LogP contribution in [0.5, 0.6) is 0 Å². The molecule has 1 aromatic carbocycles. The number of carbonyl (C=O) groups is 1. The standard InChI is InChI=1S/C18H26N2O3S/c19-13-18(11-3-4-12-18)20-17(21)14-7-9-16(10-8-14)24(22,23)15-5-1-2-6-15/h7-10,15H,1-6,11-13,19H2,(H,20,21). The van der Waals surface area contributed by atoms with Crippen molar-refractivity contribution in [2.75, 3.05) is 6.54 Å². The number of amides is 1. The highest BCUT2D eigenvalue weighted by molar-refractivity contribution is 7.92. The predicted molar refractivity (Wildman–Crippen MR) is 93.6 cm³/mol. The van der Waals surface area contributed by atoms with Gasteiger partial charge >= 0.3 is 0 Å². The Morgan fingerprint density at radius 1 is 1.08 bits per heavy atom. The number of hydrogen-bond donors (Lipinski definition) is 2. The van der Waals surface area contributed by atoms with Gasteiger partial charge in [0.05, 0.1) is 15.7 Å². The first-order chi connectivity index (χ1) is 11.5. The number of nitrogens with two attached hydrogens (primary N) is 1. The van der Waals surface area contributed by atoms with Gasteiger partial charge in [-0.2, -0.15) is 0 Å². The third-order valence-electron chi connectivity index (χ3n) is 5.52. The zero-order chi connectivity index (χ0) is 17.2. The molecule has 1 amide bonds. The van der Waals surface area contributed by atoms with Crippen LogP contribution in [0.15, 0.2) is 29.2 Å². The van der Waals surface area contributed by atoms with E-state index in [0.717, 1.165) is 51.4 Å². The molecule has 0 bridgehead atoms. The van der Waals surface area contributed by atoms with Crippen molar-refractivity contribution in [3.05, 3.63) is 29.8 Å². The maximum atomic E-state index is 12.6. The second kappa shape index (κ2) is 6.84. The molecule has 3 rings (SSSR count). The summed E-state index contributed by atoms with van der Waals surface area (Å²) in [6, 6.07) is 6.34. The van der Waals surface area contributed by atoms with Crippen LogP contribution in [-0.4, -0.2) is 31.7 Å². The smallest absolute Gasteiger partial charge is 0.251 e. The number of carbonyl (C=O) groups excluding carboxylic acids is 1. The molecule has 24 heavy (non-hydrogen) atoms. The van der Waals surface area contributed by atoms with Crippen molar-refractivity contribution in [3.8, 4) is 0 Å². The minimum absolute atomic E-state index is 0.174. The van der Waals surface area contributed by atoms with Gasteiger partial charge in [0.1, 0.15) is 0 Å². The van der Waals surface area contributed by atoms with E-state index < -0.39 is 9.84 Å². The van der Waals surface area contributed by atoms with Crippen LogP contribution in [0.25, 0.3) is 0 Å². The molecule has 2 fully saturated rings. The van der Waals surface area contributed by atoms with E-state index in [-0.39, 0.29) is 16.7 Å². The Labute approximate surface area is 143 Å². The normalized spacial score (nSPS) is 21.0. The molecule has 3 N–H and O–H groups in total. The molecule has 5 nitrogen and oxygen atoms in total. The maximum absolute atomic E-state index is 12.6. The van der Waals surface area contributed by atoms with E-state index >= 15 is 0 Å². The summed E-state index contributed by atoms with van der Waals surface area (Å²) in [4.78, 5) is 12.8. The largest absolute Gasteiger partial charge is 0.345 e. The average Bonchev–Trinajstić information content (AvgIpc) is 3.27. The van der Waals surface area contributed by atoms with Gasteiger partial charge in [0.2, 0.25) is 0 Å². The molecule has 0 radical (unpaired) electrons. The van der Waals surface area contributed by atoms with Gasteiger partial charge in [-0.3, -0.25) is 4.79 Å². The summed E-state index contributed by atoms with van der Waals surface area (Å²) in [6.07, 6.45) is 7.41. The van der Waals surface area contributed by atoms with Crippen LogP contribution in [-0.2, 0) is 9.84 Å². The fourth-order valence-electron chi connectivity index (χ4n) is 3.93. The topological polar surface area (TPSA) is 89.3 Å². The second-order valence-electron chi connectivity index (χ2n) is 7.12. The van der Waals surface area contributed by atoms with Gasteiger partial charge in [-0.25, -0.2) is 8.42 Å². The average molecular weight is 350 g/mol. The lowest BCUT2D eigenvalue weighted by Crippen LogP contribution is -2.51. The summed E-state index contributed by atoms with van der Waals surface area (Å²) < 4.78 is 25.1. The zero-order valence-corrected chi connectivity index (χ0v) is 14.8. The molecule has 1 aromatic rings. The van der Waals surface area contributed by atoms with Gasteiger partial charge in [0.15, 0.2) is 9.84 Å². The van der Waals surface area contributed by atoms with Crippen LogP contribution < -0.4 is 11.1 Å². The zero-order valence-electron chi connectivity index (χ0n) is 14.0. The lowest BCUT2D eigenvalue weighted by atomic mass is 9.97. The minimum atomic E-state index is -3.27. The first kappa shape index (κ1) is 17.4. The lowest BCUT2D eigenvalue weighted by Gasteiger charge is -2.28. The Morgan fingerprint density at radius 2 is 1.67 bits per heavy atom. The van der Waals surface area contributed by atoms with Gasteiger partial charge in [-0.1, -0.05) is 25.7 Å². The molecule has 132 valence electrons. The molecule has 2 aliphatic rings. The number of hydrogen-bond acceptors (Lipinski definition) is 4. The Hall–Kier alpha value is -1.40. The molecule has 0 unspecified atom stereocenters. The summed E-state index contributed by atoms with van der Waals surface area (Å²) in [5.74, 6) is -0.174. The molecule has 0 aromatic heterocycles. The Bertz CT molecular complexity index is 685. The fourth-order valence-corrected chi connectivity index (χ4v) is 5.79. The molecule has 0 atom stereocenters. The molecule has 0 heterocycles. The predicted octanol–water partition coefficient (Wildman–Crippen LogP) is 2.40. The van der Waals surface area contributed by atoms with Crippen LogP contribution in [0.1, 0.15) is 61.7 Å². The van der Waals surface area contributed by atoms with Crippen molar-refractivity contribution < 1.29 is 13.2 Å². The summed E-state index contributed by atoms with van der Waals surface area (Å²) in [6.45, 7) is 0.437. The molecule has 2 aliphatic carbocycles. The first-order valence-corrected chi connectivity index (χ1v) is 10.4. The summed E-state index contributed by atoms with van der Waals surface area (Å²) in [5, 5.41) is 2.79. The molecular weight excluding hydrogens is 324 g/mol. The van der Waals surface area contributed by atoms with Crippen LogP contribution >= 0.6 is 0 Å². The van der Waals surface area contributed by atoms with Crippen molar-refractivity contribution in [2.45, 2.75) is 67.1 Å². The van der Waals surface area contributed by atoms with Crippen molar-refractivity contribution in [2.24, 2.45) is 5.73 Å². The van der Waals surface area contributed by atoms with Crippen molar-refractivity contribution >= 4 is 15.7 Å². The van der Waals surface area contributed by atoms with E-state index in [1.165, 1.54) is 0 Å². The van der Waals surface area contributed by atoms with Gasteiger partial charge in [0, 0.05) is 12.1 Å². The Kier molecular flexibility index (Phi) is 4.97. The number of rotatable bonds is 5. The van der Waals surface area contributed by atoms with Gasteiger partial charge in [0.25, 0.3) is 5.91 Å². The molecule has 0 aliphatic heterocycles. The highest BCUT2D eigenvalue weighted by Gasteiger charge is 2.34. The van der Waals surface area contributed by atoms with E-state index in [0.29, 0.717) is 17.0 Å². The second-order valence-corrected chi connectivity index (χ2v) is 9.35. The van der Waals surface area contributed by atoms with E-state index in [9.17, 15) is 13.2 Å². The van der Waals surface area contributed by atoms with Crippen molar-refractivity contribution in [1.82, 2.24) is 5.32 Å². The third kappa shape index (κ3) is 3.35. The van der Waals surface area contributed by atoms with E-state index in [1.54, 1.807) is 24.3 Å². The lowest BCUT2D eigenvalue weighted by molar-refractivity contribution is 0.0903. The maximum Gasteiger partial charge on any atom is 0.251 e. The summed E-state index contributed by atoms with van der Waals surface area (Å²) in [7, 11) is -3.27. The van der Waals surface area contributed by atoms with Crippen molar-refractivity contribution in [3.63, 3.8) is 0 Å². The monoisotopic (exact) mass is 350 g/mol. The van der Waals surface area contributed by atoms with Crippen LogP contribution in [0.2, 0.25) is 0 Å². The highest BCUT2D eigenvalue weighted by atomic mass is 32.2. The van der Waals surface area contributed by atoms with Crippen LogP contribution in [0.4, 0.5) is 0 Å². The quantitative estimate of drug-likeness (QED) is 0.853. The summed E-state index contributed by atoms with van der Waals surface area (Å²) in [5.41, 5.74) is 6.04. The van der Waals surface area contributed by atoms with Crippen LogP contribution in [0, 0.1) is 0 Å². The molecule has 0 spiro atoms.